The maximum Gasteiger partial charge on any atom is 0.310 e. The first-order valence-corrected chi connectivity index (χ1v) is 11.0. The number of hydrogen-bond acceptors (Lipinski definition) is 7. The summed E-state index contributed by atoms with van der Waals surface area (Å²) in [6, 6.07) is 12.6. The number of esters is 1. The molecular formula is C26H27N3O6. The molecule has 182 valence electrons. The quantitative estimate of drug-likeness (QED) is 0.255. The zero-order valence-electron chi connectivity index (χ0n) is 20.0. The Morgan fingerprint density at radius 3 is 2.34 bits per heavy atom. The van der Waals surface area contributed by atoms with Crippen molar-refractivity contribution in [2.24, 2.45) is 0 Å². The highest BCUT2D eigenvalue weighted by molar-refractivity contribution is 6.10. The summed E-state index contributed by atoms with van der Waals surface area (Å²) in [7, 11) is 4.55. The summed E-state index contributed by atoms with van der Waals surface area (Å²) in [6.45, 7) is 2.01. The average Bonchev–Trinajstić information content (AvgIpc) is 3.29. The van der Waals surface area contributed by atoms with E-state index < -0.39 is 11.9 Å². The maximum atomic E-state index is 13.3. The number of hydrogen-bond donors (Lipinski definition) is 3. The van der Waals surface area contributed by atoms with Crippen molar-refractivity contribution in [3.05, 3.63) is 53.7 Å². The second-order valence-electron chi connectivity index (χ2n) is 7.77. The summed E-state index contributed by atoms with van der Waals surface area (Å²) in [6.07, 6.45) is -0.0147. The number of carbonyl (C=O) groups excluding carboxylic acids is 2. The number of H-pyrrole nitrogens is 1. The van der Waals surface area contributed by atoms with Gasteiger partial charge >= 0.3 is 5.97 Å². The number of ether oxygens (including phenoxy) is 4. The Kier molecular flexibility index (Phi) is 6.68. The minimum atomic E-state index is -0.416. The molecule has 4 aromatic rings. The standard InChI is InChI=1S/C26H27N3O6/c1-5-35-22(30)12-17-15-8-6-7-9-16(15)18(27)13-19(17)29-26(31)20-10-14-11-21(32-2)24(33-3)25(34-4)23(14)28-20/h6-11,13,28H,5,12,27H2,1-4H3,(H,29,31). The Hall–Kier alpha value is -4.40. The van der Waals surface area contributed by atoms with Crippen molar-refractivity contribution in [3.63, 3.8) is 0 Å². The van der Waals surface area contributed by atoms with E-state index in [-0.39, 0.29) is 18.7 Å². The molecule has 0 spiro atoms. The van der Waals surface area contributed by atoms with E-state index in [0.717, 1.165) is 10.8 Å². The second kappa shape index (κ2) is 9.84. The van der Waals surface area contributed by atoms with E-state index in [1.54, 1.807) is 25.1 Å². The second-order valence-corrected chi connectivity index (χ2v) is 7.77. The Bertz CT molecular complexity index is 1430. The van der Waals surface area contributed by atoms with Crippen molar-refractivity contribution in [1.82, 2.24) is 4.98 Å². The van der Waals surface area contributed by atoms with Crippen LogP contribution in [0.2, 0.25) is 0 Å². The molecule has 9 nitrogen and oxygen atoms in total. The molecular weight excluding hydrogens is 450 g/mol. The van der Waals surface area contributed by atoms with Gasteiger partial charge in [0.1, 0.15) is 5.69 Å². The van der Waals surface area contributed by atoms with Crippen molar-refractivity contribution in [2.75, 3.05) is 39.0 Å². The van der Waals surface area contributed by atoms with Crippen molar-refractivity contribution in [3.8, 4) is 17.2 Å². The zero-order valence-corrected chi connectivity index (χ0v) is 20.0. The number of methoxy groups -OCH3 is 3. The molecule has 4 N–H and O–H groups in total. The number of anilines is 2. The normalized spacial score (nSPS) is 10.9. The summed E-state index contributed by atoms with van der Waals surface area (Å²) in [5.74, 6) is 0.490. The van der Waals surface area contributed by atoms with Gasteiger partial charge in [-0.05, 0) is 36.1 Å². The largest absolute Gasteiger partial charge is 0.493 e. The van der Waals surface area contributed by atoms with E-state index >= 15 is 0 Å². The molecule has 0 bridgehead atoms. The SMILES string of the molecule is CCOC(=O)Cc1c(NC(=O)c2cc3cc(OC)c(OC)c(OC)c3[nH]2)cc(N)c2ccccc12. The van der Waals surface area contributed by atoms with Gasteiger partial charge in [-0.15, -0.1) is 0 Å². The van der Waals surface area contributed by atoms with Gasteiger partial charge in [0.05, 0.1) is 39.9 Å². The molecule has 4 rings (SSSR count). The molecule has 35 heavy (non-hydrogen) atoms. The number of benzene rings is 3. The summed E-state index contributed by atoms with van der Waals surface area (Å²) >= 11 is 0. The molecule has 0 atom stereocenters. The topological polar surface area (TPSA) is 125 Å². The lowest BCUT2D eigenvalue weighted by Gasteiger charge is -2.15. The van der Waals surface area contributed by atoms with Crippen molar-refractivity contribution < 1.29 is 28.5 Å². The van der Waals surface area contributed by atoms with E-state index in [2.05, 4.69) is 10.3 Å². The monoisotopic (exact) mass is 477 g/mol. The number of nitrogens with two attached hydrogens (primary N) is 1. The zero-order chi connectivity index (χ0) is 25.1. The Morgan fingerprint density at radius 2 is 1.69 bits per heavy atom. The van der Waals surface area contributed by atoms with Crippen LogP contribution in [-0.4, -0.2) is 44.8 Å². The van der Waals surface area contributed by atoms with E-state index in [9.17, 15) is 9.59 Å². The number of carbonyl (C=O) groups is 2. The summed E-state index contributed by atoms with van der Waals surface area (Å²) < 4.78 is 21.5. The summed E-state index contributed by atoms with van der Waals surface area (Å²) in [4.78, 5) is 28.7. The molecule has 0 radical (unpaired) electrons. The third kappa shape index (κ3) is 4.40. The van der Waals surface area contributed by atoms with Gasteiger partial charge < -0.3 is 35.0 Å². The van der Waals surface area contributed by atoms with Crippen LogP contribution in [0.1, 0.15) is 23.0 Å². The number of amides is 1. The number of aromatic nitrogens is 1. The lowest BCUT2D eigenvalue weighted by atomic mass is 9.98. The van der Waals surface area contributed by atoms with Gasteiger partial charge in [0.15, 0.2) is 11.5 Å². The van der Waals surface area contributed by atoms with E-state index in [1.165, 1.54) is 21.3 Å². The highest BCUT2D eigenvalue weighted by Crippen LogP contribution is 2.43. The summed E-state index contributed by atoms with van der Waals surface area (Å²) in [5.41, 5.74) is 8.67. The van der Waals surface area contributed by atoms with Crippen LogP contribution >= 0.6 is 0 Å². The molecule has 3 aromatic carbocycles. The minimum Gasteiger partial charge on any atom is -0.493 e. The number of aromatic amines is 1. The fourth-order valence-electron chi connectivity index (χ4n) is 4.18. The third-order valence-electron chi connectivity index (χ3n) is 5.73. The van der Waals surface area contributed by atoms with Crippen LogP contribution in [0.3, 0.4) is 0 Å². The predicted molar refractivity (Wildman–Crippen MR) is 135 cm³/mol. The molecule has 0 aliphatic rings. The molecule has 0 aliphatic carbocycles. The minimum absolute atomic E-state index is 0.0147. The Balaban J connectivity index is 1.77. The maximum absolute atomic E-state index is 13.3. The van der Waals surface area contributed by atoms with Gasteiger partial charge in [-0.1, -0.05) is 24.3 Å². The highest BCUT2D eigenvalue weighted by Gasteiger charge is 2.22. The Morgan fingerprint density at radius 1 is 0.971 bits per heavy atom. The van der Waals surface area contributed by atoms with Crippen molar-refractivity contribution in [1.29, 1.82) is 0 Å². The summed E-state index contributed by atoms with van der Waals surface area (Å²) in [5, 5.41) is 5.16. The van der Waals surface area contributed by atoms with Gasteiger partial charge in [-0.2, -0.15) is 0 Å². The molecule has 1 heterocycles. The van der Waals surface area contributed by atoms with Gasteiger partial charge in [0.25, 0.3) is 5.91 Å². The molecule has 0 saturated heterocycles. The predicted octanol–water partition coefficient (Wildman–Crippen LogP) is 4.29. The van der Waals surface area contributed by atoms with Crippen LogP contribution in [-0.2, 0) is 16.0 Å². The van der Waals surface area contributed by atoms with Gasteiger partial charge in [0, 0.05) is 22.1 Å². The first-order chi connectivity index (χ1) is 16.9. The highest BCUT2D eigenvalue weighted by atomic mass is 16.5. The molecule has 0 saturated carbocycles. The molecule has 1 aromatic heterocycles. The van der Waals surface area contributed by atoms with Crippen LogP contribution in [0.25, 0.3) is 21.7 Å². The number of fused-ring (bicyclic) bond motifs is 2. The van der Waals surface area contributed by atoms with Crippen LogP contribution in [0.5, 0.6) is 17.2 Å². The van der Waals surface area contributed by atoms with E-state index in [1.807, 2.05) is 24.3 Å². The van der Waals surface area contributed by atoms with Gasteiger partial charge in [-0.25, -0.2) is 0 Å². The number of nitrogens with one attached hydrogen (secondary N) is 2. The van der Waals surface area contributed by atoms with E-state index in [0.29, 0.717) is 45.1 Å². The van der Waals surface area contributed by atoms with Gasteiger partial charge in [-0.3, -0.25) is 9.59 Å². The Labute approximate surface area is 202 Å². The van der Waals surface area contributed by atoms with Gasteiger partial charge in [0.2, 0.25) is 5.75 Å². The lowest BCUT2D eigenvalue weighted by Crippen LogP contribution is -2.16. The molecule has 0 fully saturated rings. The molecule has 0 aliphatic heterocycles. The molecule has 1 amide bonds. The fraction of sp³-hybridized carbons (Fsp3) is 0.231. The van der Waals surface area contributed by atoms with Crippen LogP contribution < -0.4 is 25.3 Å². The van der Waals surface area contributed by atoms with Crippen molar-refractivity contribution >= 4 is 44.9 Å². The molecule has 9 heteroatoms. The van der Waals surface area contributed by atoms with E-state index in [4.69, 9.17) is 24.7 Å². The average molecular weight is 478 g/mol. The fourth-order valence-corrected chi connectivity index (χ4v) is 4.18. The number of rotatable bonds is 8. The van der Waals surface area contributed by atoms with Crippen LogP contribution in [0.15, 0.2) is 42.5 Å². The van der Waals surface area contributed by atoms with Crippen LogP contribution in [0.4, 0.5) is 11.4 Å². The van der Waals surface area contributed by atoms with Crippen LogP contribution in [0, 0.1) is 0 Å². The first-order valence-electron chi connectivity index (χ1n) is 11.0. The lowest BCUT2D eigenvalue weighted by molar-refractivity contribution is -0.142. The smallest absolute Gasteiger partial charge is 0.310 e. The third-order valence-corrected chi connectivity index (χ3v) is 5.73. The van der Waals surface area contributed by atoms with Crippen molar-refractivity contribution in [2.45, 2.75) is 13.3 Å². The number of nitrogen functional groups attached to an aromatic ring is 1. The molecule has 0 unspecified atom stereocenters. The first kappa shape index (κ1) is 23.7.